The fourth-order valence-electron chi connectivity index (χ4n) is 4.75. The van der Waals surface area contributed by atoms with Gasteiger partial charge in [0.1, 0.15) is 11.5 Å². The van der Waals surface area contributed by atoms with Gasteiger partial charge in [0.2, 0.25) is 0 Å². The van der Waals surface area contributed by atoms with Crippen molar-refractivity contribution in [3.8, 4) is 5.75 Å². The second-order valence-electron chi connectivity index (χ2n) is 8.27. The Kier molecular flexibility index (Phi) is 5.08. The molecule has 2 aromatic rings. The monoisotopic (exact) mass is 546 g/mol. The standard InChI is InChI=1S/C28H20Br2O2/c29-21-10-11-23-20(13-21)14-24(30)28-27(23)26-22-8-4-3-5-17(22)9-12-25(26)31-15-18-6-1-2-7-19(18)16-32-28/h1-4,8-11,13-16H,5-7,12H2/b18-15-,19-16-. The average Bonchev–Trinajstić information content (AvgIpc) is 2.81. The molecular weight excluding hydrogens is 528 g/mol. The zero-order chi connectivity index (χ0) is 21.7. The third kappa shape index (κ3) is 3.37. The molecule has 4 heteroatoms. The molecule has 0 bridgehead atoms. The Labute approximate surface area is 204 Å². The van der Waals surface area contributed by atoms with E-state index in [2.05, 4.69) is 92.6 Å². The van der Waals surface area contributed by atoms with Crippen LogP contribution in [0.15, 0.2) is 110 Å². The molecule has 2 nitrogen and oxygen atoms in total. The summed E-state index contributed by atoms with van der Waals surface area (Å²) in [6, 6.07) is 8.54. The Hall–Kier alpha value is -2.56. The van der Waals surface area contributed by atoms with Gasteiger partial charge in [0.25, 0.3) is 0 Å². The smallest absolute Gasteiger partial charge is 0.149 e. The van der Waals surface area contributed by atoms with E-state index in [1.54, 1.807) is 0 Å². The molecule has 0 amide bonds. The van der Waals surface area contributed by atoms with Crippen molar-refractivity contribution in [3.05, 3.63) is 116 Å². The molecule has 0 radical (unpaired) electrons. The van der Waals surface area contributed by atoms with E-state index in [-0.39, 0.29) is 0 Å². The van der Waals surface area contributed by atoms with Crippen molar-refractivity contribution < 1.29 is 9.47 Å². The van der Waals surface area contributed by atoms with Gasteiger partial charge in [-0.25, -0.2) is 0 Å². The maximum atomic E-state index is 6.48. The number of hydrogen-bond acceptors (Lipinski definition) is 2. The van der Waals surface area contributed by atoms with Crippen LogP contribution < -0.4 is 4.74 Å². The van der Waals surface area contributed by atoms with E-state index >= 15 is 0 Å². The second-order valence-corrected chi connectivity index (χ2v) is 10.0. The summed E-state index contributed by atoms with van der Waals surface area (Å²) >= 11 is 7.45. The van der Waals surface area contributed by atoms with Gasteiger partial charge in [0.15, 0.2) is 0 Å². The largest absolute Gasteiger partial charge is 0.468 e. The SMILES string of the molecule is Brc1ccc2c3c(c(Br)cc2c1)O/C=C1/CC=CC/C1=C/OC1=C3C2=CC=CCC2=CC1. The molecule has 1 aliphatic heterocycles. The highest BCUT2D eigenvalue weighted by Gasteiger charge is 2.29. The molecule has 0 aromatic heterocycles. The summed E-state index contributed by atoms with van der Waals surface area (Å²) in [7, 11) is 0. The summed E-state index contributed by atoms with van der Waals surface area (Å²) in [5.41, 5.74) is 7.06. The summed E-state index contributed by atoms with van der Waals surface area (Å²) in [6.07, 6.45) is 20.4. The fourth-order valence-corrected chi connectivity index (χ4v) is 5.67. The van der Waals surface area contributed by atoms with Gasteiger partial charge >= 0.3 is 0 Å². The molecule has 158 valence electrons. The minimum atomic E-state index is 0.762. The van der Waals surface area contributed by atoms with E-state index in [4.69, 9.17) is 9.47 Å². The molecule has 6 rings (SSSR count). The normalized spacial score (nSPS) is 22.6. The highest BCUT2D eigenvalue weighted by molar-refractivity contribution is 9.10. The topological polar surface area (TPSA) is 18.5 Å². The van der Waals surface area contributed by atoms with Gasteiger partial charge in [0.05, 0.1) is 17.0 Å². The average molecular weight is 548 g/mol. The van der Waals surface area contributed by atoms with Gasteiger partial charge in [-0.2, -0.15) is 0 Å². The van der Waals surface area contributed by atoms with Crippen LogP contribution in [-0.2, 0) is 4.74 Å². The highest BCUT2D eigenvalue weighted by Crippen LogP contribution is 2.49. The molecule has 0 N–H and O–H groups in total. The zero-order valence-corrected chi connectivity index (χ0v) is 20.5. The molecule has 32 heavy (non-hydrogen) atoms. The van der Waals surface area contributed by atoms with Crippen molar-refractivity contribution in [2.45, 2.75) is 25.7 Å². The fraction of sp³-hybridized carbons (Fsp3) is 0.143. The van der Waals surface area contributed by atoms with E-state index in [1.165, 1.54) is 11.1 Å². The number of allylic oxidation sites excluding steroid dienone is 11. The highest BCUT2D eigenvalue weighted by atomic mass is 79.9. The number of halogens is 2. The molecule has 1 heterocycles. The molecule has 0 saturated heterocycles. The van der Waals surface area contributed by atoms with Crippen LogP contribution in [-0.4, -0.2) is 0 Å². The maximum Gasteiger partial charge on any atom is 0.149 e. The van der Waals surface area contributed by atoms with Gasteiger partial charge in [-0.15, -0.1) is 0 Å². The Morgan fingerprint density at radius 2 is 1.56 bits per heavy atom. The number of benzene rings is 2. The van der Waals surface area contributed by atoms with Crippen LogP contribution in [0.2, 0.25) is 0 Å². The van der Waals surface area contributed by atoms with Crippen LogP contribution in [0.3, 0.4) is 0 Å². The van der Waals surface area contributed by atoms with Gasteiger partial charge in [-0.3, -0.25) is 0 Å². The van der Waals surface area contributed by atoms with Gasteiger partial charge in [-0.1, -0.05) is 58.5 Å². The molecule has 4 aliphatic rings. The maximum absolute atomic E-state index is 6.48. The minimum absolute atomic E-state index is 0.762. The summed E-state index contributed by atoms with van der Waals surface area (Å²) in [5.74, 6) is 1.79. The van der Waals surface area contributed by atoms with Crippen molar-refractivity contribution >= 4 is 48.2 Å². The second kappa shape index (κ2) is 8.09. The van der Waals surface area contributed by atoms with E-state index in [1.807, 2.05) is 12.5 Å². The Morgan fingerprint density at radius 3 is 2.41 bits per heavy atom. The van der Waals surface area contributed by atoms with E-state index < -0.39 is 0 Å². The number of rotatable bonds is 0. The van der Waals surface area contributed by atoms with E-state index in [9.17, 15) is 0 Å². The molecule has 0 saturated carbocycles. The third-order valence-electron chi connectivity index (χ3n) is 6.34. The lowest BCUT2D eigenvalue weighted by atomic mass is 9.81. The lowest BCUT2D eigenvalue weighted by Gasteiger charge is -2.28. The van der Waals surface area contributed by atoms with Crippen LogP contribution in [0.1, 0.15) is 31.2 Å². The molecule has 3 aliphatic carbocycles. The molecule has 0 unspecified atom stereocenters. The van der Waals surface area contributed by atoms with E-state index in [0.717, 1.165) is 79.2 Å². The predicted octanol–water partition coefficient (Wildman–Crippen LogP) is 8.82. The Balaban J connectivity index is 1.69. The van der Waals surface area contributed by atoms with Crippen LogP contribution in [0, 0.1) is 0 Å². The first-order chi connectivity index (χ1) is 15.7. The molecular formula is C28H20Br2O2. The quantitative estimate of drug-likeness (QED) is 0.307. The first-order valence-electron chi connectivity index (χ1n) is 10.8. The summed E-state index contributed by atoms with van der Waals surface area (Å²) in [4.78, 5) is 0. The van der Waals surface area contributed by atoms with Crippen molar-refractivity contribution in [3.63, 3.8) is 0 Å². The van der Waals surface area contributed by atoms with Crippen molar-refractivity contribution in [1.29, 1.82) is 0 Å². The van der Waals surface area contributed by atoms with E-state index in [0.29, 0.717) is 0 Å². The van der Waals surface area contributed by atoms with Crippen LogP contribution in [0.4, 0.5) is 0 Å². The van der Waals surface area contributed by atoms with Crippen LogP contribution >= 0.6 is 31.9 Å². The van der Waals surface area contributed by atoms with Crippen molar-refractivity contribution in [2.24, 2.45) is 0 Å². The van der Waals surface area contributed by atoms with Gasteiger partial charge in [0, 0.05) is 22.0 Å². The summed E-state index contributed by atoms with van der Waals surface area (Å²) in [5, 5.41) is 2.29. The van der Waals surface area contributed by atoms with Crippen molar-refractivity contribution in [2.75, 3.05) is 0 Å². The molecule has 0 fully saturated rings. The predicted molar refractivity (Wildman–Crippen MR) is 137 cm³/mol. The first kappa shape index (κ1) is 20.1. The lowest BCUT2D eigenvalue weighted by Crippen LogP contribution is -2.10. The molecule has 0 atom stereocenters. The lowest BCUT2D eigenvalue weighted by molar-refractivity contribution is 0.339. The zero-order valence-electron chi connectivity index (χ0n) is 17.3. The van der Waals surface area contributed by atoms with Gasteiger partial charge < -0.3 is 9.47 Å². The van der Waals surface area contributed by atoms with Crippen LogP contribution in [0.5, 0.6) is 5.75 Å². The Bertz CT molecular complexity index is 1380. The number of hydrogen-bond donors (Lipinski definition) is 0. The number of ether oxygens (including phenoxy) is 2. The summed E-state index contributed by atoms with van der Waals surface area (Å²) in [6.45, 7) is 0. The molecule has 0 spiro atoms. The summed E-state index contributed by atoms with van der Waals surface area (Å²) < 4.78 is 14.9. The minimum Gasteiger partial charge on any atom is -0.468 e. The number of fused-ring (bicyclic) bond motifs is 7. The molecule has 2 aromatic carbocycles. The van der Waals surface area contributed by atoms with Crippen molar-refractivity contribution in [1.82, 2.24) is 0 Å². The third-order valence-corrected chi connectivity index (χ3v) is 7.42. The first-order valence-corrected chi connectivity index (χ1v) is 12.4. The van der Waals surface area contributed by atoms with Gasteiger partial charge in [-0.05, 0) is 86.5 Å². The Morgan fingerprint density at radius 1 is 0.781 bits per heavy atom. The van der Waals surface area contributed by atoms with Crippen LogP contribution in [0.25, 0.3) is 16.3 Å².